The number of aromatic nitrogens is 4. The number of anilines is 1. The molecule has 0 atom stereocenters. The Morgan fingerprint density at radius 1 is 1.17 bits per heavy atom. The van der Waals surface area contributed by atoms with Crippen molar-refractivity contribution in [2.75, 3.05) is 4.72 Å². The quantitative estimate of drug-likeness (QED) is 0.845. The smallest absolute Gasteiger partial charge is 0.329 e. The summed E-state index contributed by atoms with van der Waals surface area (Å²) in [6.07, 6.45) is 7.07. The fourth-order valence-electron chi connectivity index (χ4n) is 2.80. The lowest BCUT2D eigenvalue weighted by Crippen LogP contribution is -2.15. The molecule has 0 saturated heterocycles. The largest absolute Gasteiger partial charge is 0.407 e. The predicted molar refractivity (Wildman–Crippen MR) is 79.1 cm³/mol. The molecule has 126 valence electrons. The van der Waals surface area contributed by atoms with Crippen LogP contribution in [0, 0.1) is 5.92 Å². The van der Waals surface area contributed by atoms with Crippen LogP contribution in [0.5, 0.6) is 0 Å². The van der Waals surface area contributed by atoms with Crippen LogP contribution >= 0.6 is 0 Å². The second-order valence-electron chi connectivity index (χ2n) is 5.68. The minimum Gasteiger partial charge on any atom is -0.407 e. The fraction of sp³-hybridized carbons (Fsp3) is 0.692. The normalized spacial score (nSPS) is 16.6. The van der Waals surface area contributed by atoms with E-state index in [1.165, 1.54) is 19.3 Å². The molecule has 0 amide bonds. The molecule has 1 aliphatic rings. The van der Waals surface area contributed by atoms with Crippen LogP contribution in [0.3, 0.4) is 0 Å². The van der Waals surface area contributed by atoms with Crippen molar-refractivity contribution in [3.63, 3.8) is 0 Å². The Bertz CT molecular complexity index is 748. The first kappa shape index (κ1) is 15.9. The van der Waals surface area contributed by atoms with Gasteiger partial charge in [0.1, 0.15) is 5.69 Å². The minimum absolute atomic E-state index is 0.166. The molecule has 0 aromatic carbocycles. The fourth-order valence-corrected chi connectivity index (χ4v) is 3.83. The van der Waals surface area contributed by atoms with E-state index in [0.29, 0.717) is 24.7 Å². The molecule has 1 fully saturated rings. The Labute approximate surface area is 133 Å². The Kier molecular flexibility index (Phi) is 4.60. The molecule has 0 unspecified atom stereocenters. The number of sulfonamides is 1. The van der Waals surface area contributed by atoms with Crippen molar-refractivity contribution in [3.8, 4) is 0 Å². The lowest BCUT2D eigenvalue weighted by atomic mass is 9.87. The van der Waals surface area contributed by atoms with Gasteiger partial charge >= 0.3 is 6.01 Å². The third-order valence-corrected chi connectivity index (χ3v) is 5.25. The average Bonchev–Trinajstić information content (AvgIpc) is 3.17. The third kappa shape index (κ3) is 3.69. The second kappa shape index (κ2) is 6.65. The molecule has 10 heteroatoms. The van der Waals surface area contributed by atoms with Crippen molar-refractivity contribution >= 4 is 16.0 Å². The van der Waals surface area contributed by atoms with Gasteiger partial charge in [-0.25, -0.2) is 9.35 Å². The highest BCUT2D eigenvalue weighted by atomic mass is 32.2. The summed E-state index contributed by atoms with van der Waals surface area (Å²) in [5.41, 5.74) is 0.249. The Morgan fingerprint density at radius 3 is 2.70 bits per heavy atom. The van der Waals surface area contributed by atoms with E-state index >= 15 is 0 Å². The van der Waals surface area contributed by atoms with E-state index in [4.69, 9.17) is 4.42 Å². The molecule has 0 bridgehead atoms. The van der Waals surface area contributed by atoms with Gasteiger partial charge in [0.25, 0.3) is 10.0 Å². The number of rotatable bonds is 6. The van der Waals surface area contributed by atoms with Crippen LogP contribution in [0.25, 0.3) is 0 Å². The number of nitrogens with one attached hydrogen (secondary N) is 1. The standard InChI is InChI=1S/C13H19N5O4S/c1-2-10-12(17-22-16-10)23(19,20)18-13-15-14-11(21-13)8-9-6-4-3-5-7-9/h9H,2-8H2,1H3,(H,15,18). The molecule has 2 aromatic heterocycles. The van der Waals surface area contributed by atoms with Gasteiger partial charge in [-0.15, -0.1) is 5.10 Å². The topological polar surface area (TPSA) is 124 Å². The summed E-state index contributed by atoms with van der Waals surface area (Å²) in [5, 5.41) is 14.4. The van der Waals surface area contributed by atoms with Gasteiger partial charge in [0.05, 0.1) is 0 Å². The SMILES string of the molecule is CCc1nonc1S(=O)(=O)Nc1nnc(CC2CCCCC2)o1. The van der Waals surface area contributed by atoms with E-state index < -0.39 is 10.0 Å². The van der Waals surface area contributed by atoms with Gasteiger partial charge in [-0.3, -0.25) is 0 Å². The van der Waals surface area contributed by atoms with Crippen molar-refractivity contribution in [1.29, 1.82) is 0 Å². The summed E-state index contributed by atoms with van der Waals surface area (Å²) in [5.74, 6) is 0.976. The maximum atomic E-state index is 12.2. The summed E-state index contributed by atoms with van der Waals surface area (Å²) in [4.78, 5) is 0. The summed E-state index contributed by atoms with van der Waals surface area (Å²) >= 11 is 0. The number of nitrogens with zero attached hydrogens (tertiary/aromatic N) is 4. The van der Waals surface area contributed by atoms with Crippen LogP contribution in [0.4, 0.5) is 6.01 Å². The Hall–Kier alpha value is -1.97. The minimum atomic E-state index is -3.95. The van der Waals surface area contributed by atoms with Gasteiger partial charge in [0, 0.05) is 6.42 Å². The molecular formula is C13H19N5O4S. The van der Waals surface area contributed by atoms with E-state index in [0.717, 1.165) is 12.8 Å². The summed E-state index contributed by atoms with van der Waals surface area (Å²) in [6, 6.07) is -0.166. The molecule has 2 aromatic rings. The number of aryl methyl sites for hydroxylation is 1. The first-order valence-electron chi connectivity index (χ1n) is 7.75. The van der Waals surface area contributed by atoms with E-state index in [1.54, 1.807) is 6.92 Å². The highest BCUT2D eigenvalue weighted by Crippen LogP contribution is 2.27. The molecule has 0 spiro atoms. The summed E-state index contributed by atoms with van der Waals surface area (Å²) < 4.78 is 36.6. The van der Waals surface area contributed by atoms with Gasteiger partial charge in [0.2, 0.25) is 10.9 Å². The number of hydrogen-bond donors (Lipinski definition) is 1. The third-order valence-electron chi connectivity index (χ3n) is 3.99. The highest BCUT2D eigenvalue weighted by molar-refractivity contribution is 7.92. The number of hydrogen-bond acceptors (Lipinski definition) is 8. The molecule has 23 heavy (non-hydrogen) atoms. The van der Waals surface area contributed by atoms with Crippen molar-refractivity contribution < 1.29 is 17.5 Å². The zero-order chi connectivity index (χ0) is 16.3. The first-order valence-corrected chi connectivity index (χ1v) is 9.23. The highest BCUT2D eigenvalue weighted by Gasteiger charge is 2.26. The van der Waals surface area contributed by atoms with Crippen molar-refractivity contribution in [3.05, 3.63) is 11.6 Å². The van der Waals surface area contributed by atoms with Crippen molar-refractivity contribution in [1.82, 2.24) is 20.5 Å². The predicted octanol–water partition coefficient (Wildman–Crippen LogP) is 1.94. The Morgan fingerprint density at radius 2 is 1.96 bits per heavy atom. The molecule has 9 nitrogen and oxygen atoms in total. The maximum absolute atomic E-state index is 12.2. The molecule has 0 aliphatic heterocycles. The molecular weight excluding hydrogens is 322 g/mol. The zero-order valence-electron chi connectivity index (χ0n) is 12.9. The lowest BCUT2D eigenvalue weighted by molar-refractivity contribution is 0.295. The molecule has 3 rings (SSSR count). The van der Waals surface area contributed by atoms with Gasteiger partial charge in [-0.05, 0) is 30.3 Å². The van der Waals surface area contributed by atoms with Crippen LogP contribution < -0.4 is 4.72 Å². The molecule has 1 N–H and O–H groups in total. The van der Waals surface area contributed by atoms with Crippen LogP contribution in [0.2, 0.25) is 0 Å². The molecule has 0 radical (unpaired) electrons. The van der Waals surface area contributed by atoms with Gasteiger partial charge < -0.3 is 4.42 Å². The van der Waals surface area contributed by atoms with Crippen LogP contribution in [-0.2, 0) is 22.9 Å². The van der Waals surface area contributed by atoms with E-state index in [9.17, 15) is 8.42 Å². The van der Waals surface area contributed by atoms with Crippen LogP contribution in [0.15, 0.2) is 14.1 Å². The van der Waals surface area contributed by atoms with E-state index in [2.05, 4.69) is 29.9 Å². The van der Waals surface area contributed by atoms with Crippen LogP contribution in [-0.4, -0.2) is 28.9 Å². The van der Waals surface area contributed by atoms with Crippen molar-refractivity contribution in [2.24, 2.45) is 5.92 Å². The van der Waals surface area contributed by atoms with Crippen LogP contribution in [0.1, 0.15) is 50.6 Å². The summed E-state index contributed by atoms with van der Waals surface area (Å²) in [7, 11) is -3.95. The zero-order valence-corrected chi connectivity index (χ0v) is 13.7. The van der Waals surface area contributed by atoms with Gasteiger partial charge in [0.15, 0.2) is 0 Å². The monoisotopic (exact) mass is 341 g/mol. The molecule has 2 heterocycles. The Balaban J connectivity index is 1.68. The van der Waals surface area contributed by atoms with E-state index in [-0.39, 0.29) is 16.7 Å². The summed E-state index contributed by atoms with van der Waals surface area (Å²) in [6.45, 7) is 1.76. The van der Waals surface area contributed by atoms with Crippen molar-refractivity contribution in [2.45, 2.75) is 56.9 Å². The average molecular weight is 341 g/mol. The molecule has 1 saturated carbocycles. The maximum Gasteiger partial charge on any atom is 0.329 e. The van der Waals surface area contributed by atoms with Gasteiger partial charge in [-0.2, -0.15) is 8.42 Å². The first-order chi connectivity index (χ1) is 11.1. The molecule has 1 aliphatic carbocycles. The second-order valence-corrected chi connectivity index (χ2v) is 7.28. The van der Waals surface area contributed by atoms with Gasteiger partial charge in [-0.1, -0.05) is 36.4 Å². The lowest BCUT2D eigenvalue weighted by Gasteiger charge is -2.19. The van der Waals surface area contributed by atoms with E-state index in [1.807, 2.05) is 0 Å².